The molecule has 1 rings (SSSR count). The summed E-state index contributed by atoms with van der Waals surface area (Å²) in [6.45, 7) is 12.3. The molecule has 78 valence electrons. The summed E-state index contributed by atoms with van der Waals surface area (Å²) in [7, 11) is 0. The maximum absolute atomic E-state index is 5.68. The largest absolute Gasteiger partial charge is 0.373 e. The molecule has 1 aliphatic rings. The Balaban J connectivity index is 2.25. The first-order chi connectivity index (χ1) is 6.08. The minimum absolute atomic E-state index is 0.413. The minimum atomic E-state index is 0.413. The highest BCUT2D eigenvalue weighted by Gasteiger charge is 2.21. The molecule has 2 heteroatoms. The molecule has 1 heterocycles. The van der Waals surface area contributed by atoms with E-state index in [1.165, 1.54) is 13.0 Å². The van der Waals surface area contributed by atoms with Gasteiger partial charge in [-0.05, 0) is 32.7 Å². The van der Waals surface area contributed by atoms with Crippen molar-refractivity contribution in [2.45, 2.75) is 46.3 Å². The second-order valence-corrected chi connectivity index (χ2v) is 4.70. The summed E-state index contributed by atoms with van der Waals surface area (Å²) in [6, 6.07) is 0. The summed E-state index contributed by atoms with van der Waals surface area (Å²) in [5.74, 6) is 0.813. The van der Waals surface area contributed by atoms with Gasteiger partial charge in [0.15, 0.2) is 0 Å². The maximum atomic E-state index is 5.68. The van der Waals surface area contributed by atoms with Crippen molar-refractivity contribution in [2.24, 2.45) is 5.92 Å². The van der Waals surface area contributed by atoms with Gasteiger partial charge in [-0.2, -0.15) is 0 Å². The predicted octanol–water partition coefficient (Wildman–Crippen LogP) is 2.14. The van der Waals surface area contributed by atoms with Crippen LogP contribution in [0.5, 0.6) is 0 Å². The third-order valence-corrected chi connectivity index (χ3v) is 2.52. The van der Waals surface area contributed by atoms with Crippen LogP contribution in [0.1, 0.15) is 34.1 Å². The van der Waals surface area contributed by atoms with Gasteiger partial charge in [0.1, 0.15) is 0 Å². The number of nitrogens with zero attached hydrogens (tertiary/aromatic N) is 1. The van der Waals surface area contributed by atoms with Gasteiger partial charge < -0.3 is 4.74 Å². The van der Waals surface area contributed by atoms with Crippen LogP contribution in [0.4, 0.5) is 0 Å². The van der Waals surface area contributed by atoms with E-state index in [4.69, 9.17) is 4.74 Å². The second-order valence-electron chi connectivity index (χ2n) is 4.70. The van der Waals surface area contributed by atoms with Crippen molar-refractivity contribution in [3.05, 3.63) is 0 Å². The Morgan fingerprint density at radius 2 is 1.77 bits per heavy atom. The number of morpholine rings is 1. The van der Waals surface area contributed by atoms with E-state index < -0.39 is 0 Å². The molecular formula is C11H23NO. The van der Waals surface area contributed by atoms with Crippen LogP contribution in [-0.4, -0.2) is 36.7 Å². The third-order valence-electron chi connectivity index (χ3n) is 2.52. The monoisotopic (exact) mass is 185 g/mol. The van der Waals surface area contributed by atoms with Gasteiger partial charge in [-0.15, -0.1) is 0 Å². The molecule has 2 atom stereocenters. The first-order valence-electron chi connectivity index (χ1n) is 5.45. The van der Waals surface area contributed by atoms with Crippen LogP contribution in [0.3, 0.4) is 0 Å². The van der Waals surface area contributed by atoms with Crippen molar-refractivity contribution < 1.29 is 4.74 Å². The Morgan fingerprint density at radius 3 is 2.23 bits per heavy atom. The lowest BCUT2D eigenvalue weighted by Gasteiger charge is -2.35. The van der Waals surface area contributed by atoms with E-state index in [0.717, 1.165) is 19.0 Å². The maximum Gasteiger partial charge on any atom is 0.0678 e. The smallest absolute Gasteiger partial charge is 0.0678 e. The lowest BCUT2D eigenvalue weighted by molar-refractivity contribution is -0.0687. The van der Waals surface area contributed by atoms with Crippen LogP contribution in [0.25, 0.3) is 0 Å². The zero-order valence-corrected chi connectivity index (χ0v) is 9.42. The first-order valence-corrected chi connectivity index (χ1v) is 5.45. The topological polar surface area (TPSA) is 12.5 Å². The fourth-order valence-electron chi connectivity index (χ4n) is 1.91. The molecule has 0 amide bonds. The van der Waals surface area contributed by atoms with Gasteiger partial charge in [-0.1, -0.05) is 13.8 Å². The van der Waals surface area contributed by atoms with E-state index in [1.807, 2.05) is 0 Å². The normalized spacial score (nSPS) is 31.2. The zero-order chi connectivity index (χ0) is 9.84. The summed E-state index contributed by atoms with van der Waals surface area (Å²) in [6.07, 6.45) is 2.13. The molecule has 13 heavy (non-hydrogen) atoms. The average Bonchev–Trinajstić information content (AvgIpc) is 1.99. The summed E-state index contributed by atoms with van der Waals surface area (Å²) in [5, 5.41) is 0. The van der Waals surface area contributed by atoms with Crippen LogP contribution in [0.15, 0.2) is 0 Å². The Hall–Kier alpha value is -0.0800. The van der Waals surface area contributed by atoms with Gasteiger partial charge >= 0.3 is 0 Å². The number of hydrogen-bond donors (Lipinski definition) is 0. The van der Waals surface area contributed by atoms with Gasteiger partial charge in [0.05, 0.1) is 12.2 Å². The minimum Gasteiger partial charge on any atom is -0.373 e. The van der Waals surface area contributed by atoms with E-state index in [2.05, 4.69) is 32.6 Å². The standard InChI is InChI=1S/C11H23NO/c1-9(2)5-6-12-7-10(3)13-11(4)8-12/h9-11H,5-8H2,1-4H3/t10-,11-/m1/s1. The third kappa shape index (κ3) is 4.10. The van der Waals surface area contributed by atoms with E-state index in [-0.39, 0.29) is 0 Å². The molecule has 0 spiro atoms. The second kappa shape index (κ2) is 4.97. The summed E-state index contributed by atoms with van der Waals surface area (Å²) in [5.41, 5.74) is 0. The van der Waals surface area contributed by atoms with E-state index in [0.29, 0.717) is 12.2 Å². The lowest BCUT2D eigenvalue weighted by atomic mass is 10.1. The molecule has 0 aromatic heterocycles. The van der Waals surface area contributed by atoms with Gasteiger partial charge in [0.25, 0.3) is 0 Å². The predicted molar refractivity (Wildman–Crippen MR) is 55.9 cm³/mol. The van der Waals surface area contributed by atoms with Crippen LogP contribution in [-0.2, 0) is 4.74 Å². The van der Waals surface area contributed by atoms with Gasteiger partial charge in [-0.3, -0.25) is 4.90 Å². The molecule has 0 radical (unpaired) electrons. The molecule has 0 bridgehead atoms. The van der Waals surface area contributed by atoms with Crippen LogP contribution < -0.4 is 0 Å². The summed E-state index contributed by atoms with van der Waals surface area (Å²) < 4.78 is 5.68. The molecule has 0 saturated carbocycles. The van der Waals surface area contributed by atoms with Crippen molar-refractivity contribution in [1.82, 2.24) is 4.90 Å². The van der Waals surface area contributed by atoms with E-state index >= 15 is 0 Å². The fourth-order valence-corrected chi connectivity index (χ4v) is 1.91. The fraction of sp³-hybridized carbons (Fsp3) is 1.00. The lowest BCUT2D eigenvalue weighted by Crippen LogP contribution is -2.45. The van der Waals surface area contributed by atoms with Crippen molar-refractivity contribution in [3.8, 4) is 0 Å². The van der Waals surface area contributed by atoms with Crippen LogP contribution in [0, 0.1) is 5.92 Å². The molecule has 0 aliphatic carbocycles. The molecule has 1 aliphatic heterocycles. The Bertz CT molecular complexity index is 137. The molecule has 1 fully saturated rings. The highest BCUT2D eigenvalue weighted by Crippen LogP contribution is 2.12. The Kier molecular flexibility index (Phi) is 4.20. The van der Waals surface area contributed by atoms with E-state index in [1.54, 1.807) is 0 Å². The number of rotatable bonds is 3. The van der Waals surface area contributed by atoms with Crippen molar-refractivity contribution in [3.63, 3.8) is 0 Å². The van der Waals surface area contributed by atoms with Crippen molar-refractivity contribution in [2.75, 3.05) is 19.6 Å². The molecule has 2 nitrogen and oxygen atoms in total. The van der Waals surface area contributed by atoms with Gasteiger partial charge in [0, 0.05) is 13.1 Å². The number of ether oxygens (including phenoxy) is 1. The average molecular weight is 185 g/mol. The number of hydrogen-bond acceptors (Lipinski definition) is 2. The highest BCUT2D eigenvalue weighted by molar-refractivity contribution is 4.73. The highest BCUT2D eigenvalue weighted by atomic mass is 16.5. The molecule has 0 aromatic rings. The molecule has 0 aromatic carbocycles. The van der Waals surface area contributed by atoms with Crippen molar-refractivity contribution >= 4 is 0 Å². The molecular weight excluding hydrogens is 162 g/mol. The molecule has 1 saturated heterocycles. The first kappa shape index (κ1) is 11.0. The summed E-state index contributed by atoms with van der Waals surface area (Å²) >= 11 is 0. The molecule has 0 unspecified atom stereocenters. The Labute approximate surface area is 82.3 Å². The van der Waals surface area contributed by atoms with Gasteiger partial charge in [0.2, 0.25) is 0 Å². The molecule has 0 N–H and O–H groups in total. The van der Waals surface area contributed by atoms with Crippen molar-refractivity contribution in [1.29, 1.82) is 0 Å². The van der Waals surface area contributed by atoms with Crippen LogP contribution >= 0.6 is 0 Å². The Morgan fingerprint density at radius 1 is 1.23 bits per heavy atom. The summed E-state index contributed by atoms with van der Waals surface area (Å²) in [4.78, 5) is 2.53. The zero-order valence-electron chi connectivity index (χ0n) is 9.42. The van der Waals surface area contributed by atoms with Crippen LogP contribution in [0.2, 0.25) is 0 Å². The van der Waals surface area contributed by atoms with Gasteiger partial charge in [-0.25, -0.2) is 0 Å². The SMILES string of the molecule is CC(C)CCN1C[C@@H](C)O[C@H](C)C1. The van der Waals surface area contributed by atoms with E-state index in [9.17, 15) is 0 Å². The quantitative estimate of drug-likeness (QED) is 0.668.